The summed E-state index contributed by atoms with van der Waals surface area (Å²) in [7, 11) is 0. The smallest absolute Gasteiger partial charge is 0.220 e. The molecule has 1 heterocycles. The second-order valence-electron chi connectivity index (χ2n) is 5.37. The molecule has 0 fully saturated rings. The Kier molecular flexibility index (Phi) is 5.71. The van der Waals surface area contributed by atoms with Gasteiger partial charge >= 0.3 is 0 Å². The van der Waals surface area contributed by atoms with Gasteiger partial charge in [-0.15, -0.1) is 0 Å². The molecule has 0 bridgehead atoms. The number of halogens is 2. The molecule has 1 atom stereocenters. The van der Waals surface area contributed by atoms with Crippen molar-refractivity contribution in [2.75, 3.05) is 5.32 Å². The quantitative estimate of drug-likeness (QED) is 0.602. The molecule has 2 aromatic carbocycles. The highest BCUT2D eigenvalue weighted by Crippen LogP contribution is 2.25. The van der Waals surface area contributed by atoms with Crippen LogP contribution in [0.1, 0.15) is 11.1 Å². The van der Waals surface area contributed by atoms with E-state index in [1.807, 2.05) is 5.48 Å². The molecule has 0 spiro atoms. The molecule has 3 rings (SSSR count). The van der Waals surface area contributed by atoms with Crippen molar-refractivity contribution in [2.45, 2.75) is 12.7 Å². The zero-order chi connectivity index (χ0) is 18.5. The molecule has 1 aliphatic heterocycles. The van der Waals surface area contributed by atoms with E-state index in [1.165, 1.54) is 0 Å². The lowest BCUT2D eigenvalue weighted by Gasteiger charge is -2.22. The third-order valence-electron chi connectivity index (χ3n) is 3.59. The summed E-state index contributed by atoms with van der Waals surface area (Å²) < 4.78 is 0. The Balaban J connectivity index is 1.77. The number of anilines is 1. The van der Waals surface area contributed by atoms with Crippen LogP contribution in [0.15, 0.2) is 52.4 Å². The monoisotopic (exact) mass is 388 g/mol. The first-order valence-corrected chi connectivity index (χ1v) is 8.36. The zero-order valence-corrected chi connectivity index (χ0v) is 14.9. The lowest BCUT2D eigenvalue weighted by Crippen LogP contribution is -2.44. The SMILES string of the molecule is N#Cc1ccc(NC2=NC(NO)N=C(Cc3c(Cl)cccc3Cl)N2)cc1. The van der Waals surface area contributed by atoms with E-state index in [-0.39, 0.29) is 0 Å². The first-order valence-electron chi connectivity index (χ1n) is 7.60. The summed E-state index contributed by atoms with van der Waals surface area (Å²) in [4.78, 5) is 8.44. The molecule has 0 radical (unpaired) electrons. The van der Waals surface area contributed by atoms with Crippen LogP contribution in [-0.2, 0) is 6.42 Å². The molecule has 1 unspecified atom stereocenters. The molecule has 26 heavy (non-hydrogen) atoms. The number of hydrogen-bond donors (Lipinski definition) is 4. The number of amidine groups is 1. The van der Waals surface area contributed by atoms with Gasteiger partial charge in [-0.05, 0) is 42.0 Å². The first kappa shape index (κ1) is 18.2. The van der Waals surface area contributed by atoms with Gasteiger partial charge in [0, 0.05) is 22.2 Å². The first-order chi connectivity index (χ1) is 12.6. The van der Waals surface area contributed by atoms with Crippen molar-refractivity contribution in [3.05, 3.63) is 63.6 Å². The highest BCUT2D eigenvalue weighted by atomic mass is 35.5. The molecular formula is C17H14Cl2N6O. The fourth-order valence-corrected chi connectivity index (χ4v) is 2.88. The van der Waals surface area contributed by atoms with Crippen molar-refractivity contribution in [1.82, 2.24) is 10.8 Å². The van der Waals surface area contributed by atoms with Crippen molar-refractivity contribution in [3.63, 3.8) is 0 Å². The Morgan fingerprint density at radius 2 is 1.81 bits per heavy atom. The van der Waals surface area contributed by atoms with Crippen molar-refractivity contribution < 1.29 is 5.21 Å². The standard InChI is InChI=1S/C17H14Cl2N6O/c18-13-2-1-3-14(19)12(13)8-15-22-16(24-17(23-15)25-26)21-11-6-4-10(9-20)5-7-11/h1-7,17,25-26H,8H2,(H2,21,22,23,24). The predicted octanol–water partition coefficient (Wildman–Crippen LogP) is 3.14. The summed E-state index contributed by atoms with van der Waals surface area (Å²) >= 11 is 12.4. The summed E-state index contributed by atoms with van der Waals surface area (Å²) in [6.07, 6.45) is -0.529. The van der Waals surface area contributed by atoms with Crippen molar-refractivity contribution >= 4 is 40.7 Å². The van der Waals surface area contributed by atoms with Crippen LogP contribution < -0.4 is 16.1 Å². The molecule has 7 nitrogen and oxygen atoms in total. The summed E-state index contributed by atoms with van der Waals surface area (Å²) in [5.74, 6) is 0.909. The van der Waals surface area contributed by atoms with Gasteiger partial charge in [-0.2, -0.15) is 10.7 Å². The van der Waals surface area contributed by atoms with E-state index in [9.17, 15) is 5.21 Å². The van der Waals surface area contributed by atoms with Crippen LogP contribution in [0, 0.1) is 11.3 Å². The van der Waals surface area contributed by atoms with Crippen molar-refractivity contribution in [2.24, 2.45) is 9.98 Å². The van der Waals surface area contributed by atoms with Gasteiger partial charge in [0.1, 0.15) is 5.84 Å². The molecule has 132 valence electrons. The van der Waals surface area contributed by atoms with Gasteiger partial charge in [0.2, 0.25) is 12.2 Å². The third kappa shape index (κ3) is 4.31. The summed E-state index contributed by atoms with van der Waals surface area (Å²) in [5.41, 5.74) is 4.02. The maximum atomic E-state index is 9.23. The van der Waals surface area contributed by atoms with Crippen LogP contribution in [-0.4, -0.2) is 23.3 Å². The third-order valence-corrected chi connectivity index (χ3v) is 4.30. The second-order valence-corrected chi connectivity index (χ2v) is 6.19. The Morgan fingerprint density at radius 3 is 2.42 bits per heavy atom. The minimum absolute atomic E-state index is 0.338. The molecule has 0 aromatic heterocycles. The van der Waals surface area contributed by atoms with E-state index < -0.39 is 6.29 Å². The maximum absolute atomic E-state index is 9.23. The van der Waals surface area contributed by atoms with Gasteiger partial charge in [0.05, 0.1) is 11.6 Å². The van der Waals surface area contributed by atoms with Gasteiger partial charge in [0.25, 0.3) is 0 Å². The number of hydroxylamine groups is 1. The number of nitriles is 1. The van der Waals surface area contributed by atoms with Crippen LogP contribution in [0.3, 0.4) is 0 Å². The molecule has 4 N–H and O–H groups in total. The highest BCUT2D eigenvalue weighted by molar-refractivity contribution is 6.36. The number of nitrogens with one attached hydrogen (secondary N) is 3. The van der Waals surface area contributed by atoms with E-state index in [2.05, 4.69) is 26.7 Å². The van der Waals surface area contributed by atoms with E-state index in [1.54, 1.807) is 42.5 Å². The summed E-state index contributed by atoms with van der Waals surface area (Å²) in [5, 5.41) is 25.3. The molecule has 2 aromatic rings. The highest BCUT2D eigenvalue weighted by Gasteiger charge is 2.18. The van der Waals surface area contributed by atoms with E-state index in [0.717, 1.165) is 11.3 Å². The Hall–Kier alpha value is -2.63. The number of aliphatic imine (C=N–C) groups is 2. The fraction of sp³-hybridized carbons (Fsp3) is 0.118. The van der Waals surface area contributed by atoms with Gasteiger partial charge in [0.15, 0.2) is 0 Å². The maximum Gasteiger partial charge on any atom is 0.220 e. The lowest BCUT2D eigenvalue weighted by atomic mass is 10.1. The molecule has 0 saturated heterocycles. The molecule has 0 saturated carbocycles. The molecule has 9 heteroatoms. The second kappa shape index (κ2) is 8.17. The predicted molar refractivity (Wildman–Crippen MR) is 102 cm³/mol. The zero-order valence-electron chi connectivity index (χ0n) is 13.4. The van der Waals surface area contributed by atoms with Crippen LogP contribution in [0.2, 0.25) is 10.0 Å². The summed E-state index contributed by atoms with van der Waals surface area (Å²) in [6, 6.07) is 14.2. The van der Waals surface area contributed by atoms with E-state index in [0.29, 0.717) is 33.8 Å². The topological polar surface area (TPSA) is 105 Å². The van der Waals surface area contributed by atoms with Crippen LogP contribution in [0.25, 0.3) is 0 Å². The number of nitrogens with zero attached hydrogens (tertiary/aromatic N) is 3. The molecule has 0 aliphatic carbocycles. The minimum atomic E-state index is -0.867. The molecule has 1 aliphatic rings. The Labute approximate surface area is 159 Å². The number of guanidine groups is 1. The van der Waals surface area contributed by atoms with Gasteiger partial charge in [-0.1, -0.05) is 29.3 Å². The van der Waals surface area contributed by atoms with Gasteiger partial charge in [-0.3, -0.25) is 0 Å². The Bertz CT molecular complexity index is 884. The number of rotatable bonds is 4. The number of hydrogen-bond acceptors (Lipinski definition) is 7. The summed E-state index contributed by atoms with van der Waals surface area (Å²) in [6.45, 7) is 0. The van der Waals surface area contributed by atoms with Crippen molar-refractivity contribution in [3.8, 4) is 6.07 Å². The number of benzene rings is 2. The molecule has 0 amide bonds. The van der Waals surface area contributed by atoms with Crippen molar-refractivity contribution in [1.29, 1.82) is 5.26 Å². The van der Waals surface area contributed by atoms with E-state index in [4.69, 9.17) is 28.5 Å². The van der Waals surface area contributed by atoms with E-state index >= 15 is 0 Å². The van der Waals surface area contributed by atoms with Gasteiger partial charge in [-0.25, -0.2) is 9.98 Å². The average molecular weight is 389 g/mol. The Morgan fingerprint density at radius 1 is 1.12 bits per heavy atom. The largest absolute Gasteiger partial charge is 0.326 e. The van der Waals surface area contributed by atoms with Crippen LogP contribution in [0.5, 0.6) is 0 Å². The van der Waals surface area contributed by atoms with Gasteiger partial charge < -0.3 is 15.8 Å². The molecular weight excluding hydrogens is 375 g/mol. The minimum Gasteiger partial charge on any atom is -0.326 e. The normalized spacial score (nSPS) is 16.2. The van der Waals surface area contributed by atoms with Crippen LogP contribution >= 0.6 is 23.2 Å². The average Bonchev–Trinajstić information content (AvgIpc) is 2.65. The van der Waals surface area contributed by atoms with Crippen LogP contribution in [0.4, 0.5) is 5.69 Å². The lowest BCUT2D eigenvalue weighted by molar-refractivity contribution is 0.131. The fourth-order valence-electron chi connectivity index (χ4n) is 2.34.